The van der Waals surface area contributed by atoms with E-state index in [9.17, 15) is 13.6 Å². The quantitative estimate of drug-likeness (QED) is 0.187. The van der Waals surface area contributed by atoms with E-state index in [1.807, 2.05) is 6.07 Å². The molecular formula is C15H9F2IN2O2. The SMILES string of the molecule is [N-]=[N+]=CC(=O)c1cc(F)c(OCc2ccccc2)c(F)c1I. The van der Waals surface area contributed by atoms with E-state index in [4.69, 9.17) is 10.3 Å². The summed E-state index contributed by atoms with van der Waals surface area (Å²) >= 11 is 1.57. The largest absolute Gasteiger partial charge is 0.483 e. The van der Waals surface area contributed by atoms with Gasteiger partial charge in [0, 0.05) is 5.56 Å². The summed E-state index contributed by atoms with van der Waals surface area (Å²) in [4.78, 5) is 14.1. The Morgan fingerprint density at radius 3 is 2.64 bits per heavy atom. The first-order valence-electron chi connectivity index (χ1n) is 6.10. The molecule has 0 bridgehead atoms. The van der Waals surface area contributed by atoms with Crippen LogP contribution in [0.4, 0.5) is 8.78 Å². The second kappa shape index (κ2) is 7.24. The van der Waals surface area contributed by atoms with E-state index in [2.05, 4.69) is 4.79 Å². The molecule has 7 heteroatoms. The summed E-state index contributed by atoms with van der Waals surface area (Å²) in [7, 11) is 0. The predicted molar refractivity (Wildman–Crippen MR) is 83.9 cm³/mol. The Bertz CT molecular complexity index is 760. The van der Waals surface area contributed by atoms with Gasteiger partial charge in [0.25, 0.3) is 5.78 Å². The average Bonchev–Trinajstić information content (AvgIpc) is 2.52. The molecule has 112 valence electrons. The molecule has 2 aromatic carbocycles. The number of ether oxygens (including phenoxy) is 1. The van der Waals surface area contributed by atoms with Gasteiger partial charge in [0.15, 0.2) is 17.4 Å². The normalized spacial score (nSPS) is 9.95. The Labute approximate surface area is 138 Å². The van der Waals surface area contributed by atoms with Crippen LogP contribution in [0.1, 0.15) is 15.9 Å². The maximum atomic E-state index is 14.2. The second-order valence-corrected chi connectivity index (χ2v) is 5.32. The maximum Gasteiger partial charge on any atom is 0.328 e. The lowest BCUT2D eigenvalue weighted by Crippen LogP contribution is -2.09. The number of benzene rings is 2. The van der Waals surface area contributed by atoms with Crippen LogP contribution >= 0.6 is 22.6 Å². The third-order valence-corrected chi connectivity index (χ3v) is 3.84. The molecule has 0 saturated heterocycles. The van der Waals surface area contributed by atoms with Gasteiger partial charge in [0.05, 0.1) is 3.57 Å². The van der Waals surface area contributed by atoms with Gasteiger partial charge in [0.1, 0.15) is 6.61 Å². The number of nitrogens with zero attached hydrogens (tertiary/aromatic N) is 2. The average molecular weight is 414 g/mol. The van der Waals surface area contributed by atoms with Crippen LogP contribution in [0.5, 0.6) is 5.75 Å². The molecule has 0 aliphatic carbocycles. The van der Waals surface area contributed by atoms with Crippen LogP contribution in [0.15, 0.2) is 36.4 Å². The summed E-state index contributed by atoms with van der Waals surface area (Å²) in [5.41, 5.74) is 8.84. The molecule has 4 nitrogen and oxygen atoms in total. The number of hydrogen-bond acceptors (Lipinski definition) is 2. The monoisotopic (exact) mass is 414 g/mol. The third-order valence-electron chi connectivity index (χ3n) is 2.78. The van der Waals surface area contributed by atoms with E-state index in [0.717, 1.165) is 11.6 Å². The van der Waals surface area contributed by atoms with E-state index in [-0.39, 0.29) is 15.7 Å². The van der Waals surface area contributed by atoms with Gasteiger partial charge in [-0.1, -0.05) is 30.3 Å². The van der Waals surface area contributed by atoms with E-state index < -0.39 is 23.2 Å². The standard InChI is InChI=1S/C15H9F2IN2O2/c16-11-6-10(12(21)7-20-19)14(18)13(17)15(11)22-8-9-4-2-1-3-5-9/h1-7H,8H2. The Hall–Kier alpha value is -2.12. The fraction of sp³-hybridized carbons (Fsp3) is 0.0667. The van der Waals surface area contributed by atoms with Crippen molar-refractivity contribution in [2.24, 2.45) is 0 Å². The van der Waals surface area contributed by atoms with Crippen molar-refractivity contribution in [3.8, 4) is 5.75 Å². The van der Waals surface area contributed by atoms with E-state index >= 15 is 0 Å². The van der Waals surface area contributed by atoms with Crippen LogP contribution in [-0.4, -0.2) is 16.8 Å². The number of carbonyl (C=O) groups excluding carboxylic acids is 1. The van der Waals surface area contributed by atoms with Crippen molar-refractivity contribution < 1.29 is 23.1 Å². The van der Waals surface area contributed by atoms with Crippen LogP contribution in [0.2, 0.25) is 0 Å². The molecule has 0 unspecified atom stereocenters. The molecule has 22 heavy (non-hydrogen) atoms. The molecule has 2 aromatic rings. The lowest BCUT2D eigenvalue weighted by Gasteiger charge is -2.11. The van der Waals surface area contributed by atoms with Gasteiger partial charge >= 0.3 is 6.21 Å². The molecule has 0 aliphatic rings. The predicted octanol–water partition coefficient (Wildman–Crippen LogP) is 3.63. The minimum Gasteiger partial charge on any atom is -0.483 e. The Kier molecular flexibility index (Phi) is 5.35. The summed E-state index contributed by atoms with van der Waals surface area (Å²) in [5.74, 6) is -3.32. The Morgan fingerprint density at radius 1 is 1.32 bits per heavy atom. The van der Waals surface area contributed by atoms with Crippen molar-refractivity contribution >= 4 is 34.6 Å². The molecule has 0 heterocycles. The van der Waals surface area contributed by atoms with Crippen molar-refractivity contribution in [3.05, 3.63) is 68.3 Å². The number of ketones is 1. The zero-order valence-corrected chi connectivity index (χ0v) is 13.3. The van der Waals surface area contributed by atoms with Crippen molar-refractivity contribution in [2.45, 2.75) is 6.61 Å². The van der Waals surface area contributed by atoms with Gasteiger partial charge in [-0.2, -0.15) is 4.79 Å². The zero-order valence-electron chi connectivity index (χ0n) is 11.1. The molecular weight excluding hydrogens is 405 g/mol. The van der Waals surface area contributed by atoms with Crippen molar-refractivity contribution in [2.75, 3.05) is 0 Å². The van der Waals surface area contributed by atoms with Crippen LogP contribution in [0, 0.1) is 15.2 Å². The second-order valence-electron chi connectivity index (χ2n) is 4.25. The summed E-state index contributed by atoms with van der Waals surface area (Å²) < 4.78 is 33.2. The summed E-state index contributed by atoms with van der Waals surface area (Å²) in [6.45, 7) is -0.00382. The van der Waals surface area contributed by atoms with Gasteiger partial charge in [-0.3, -0.25) is 4.79 Å². The first-order chi connectivity index (χ1) is 10.5. The van der Waals surface area contributed by atoms with Crippen LogP contribution in [0.25, 0.3) is 5.53 Å². The first kappa shape index (κ1) is 16.3. The maximum absolute atomic E-state index is 14.2. The minimum atomic E-state index is -0.997. The number of rotatable bonds is 5. The summed E-state index contributed by atoms with van der Waals surface area (Å²) in [5, 5.41) is 0. The highest BCUT2D eigenvalue weighted by Gasteiger charge is 2.22. The van der Waals surface area contributed by atoms with Gasteiger partial charge in [0.2, 0.25) is 0 Å². The van der Waals surface area contributed by atoms with Gasteiger partial charge < -0.3 is 10.3 Å². The van der Waals surface area contributed by atoms with Crippen LogP contribution < -0.4 is 4.74 Å². The van der Waals surface area contributed by atoms with Crippen molar-refractivity contribution in [3.63, 3.8) is 0 Å². The number of Topliss-reactive ketones (excluding diaryl/α,β-unsaturated/α-hetero) is 1. The minimum absolute atomic E-state index is 0.00382. The molecule has 0 fully saturated rings. The Balaban J connectivity index is 2.32. The molecule has 0 aromatic heterocycles. The number of halogens is 3. The first-order valence-corrected chi connectivity index (χ1v) is 7.18. The van der Waals surface area contributed by atoms with Gasteiger partial charge in [-0.05, 0) is 34.2 Å². The van der Waals surface area contributed by atoms with E-state index in [0.29, 0.717) is 6.21 Å². The van der Waals surface area contributed by atoms with E-state index in [1.165, 1.54) is 0 Å². The molecule has 0 aliphatic heterocycles. The highest BCUT2D eigenvalue weighted by Crippen LogP contribution is 2.29. The molecule has 0 spiro atoms. The van der Waals surface area contributed by atoms with Gasteiger partial charge in [-0.25, -0.2) is 8.78 Å². The number of carbonyl (C=O) groups is 1. The Morgan fingerprint density at radius 2 is 2.00 bits per heavy atom. The zero-order chi connectivity index (χ0) is 16.1. The topological polar surface area (TPSA) is 62.7 Å². The molecule has 0 atom stereocenters. The fourth-order valence-electron chi connectivity index (χ4n) is 1.74. The smallest absolute Gasteiger partial charge is 0.328 e. The fourth-order valence-corrected chi connectivity index (χ4v) is 2.41. The highest BCUT2D eigenvalue weighted by atomic mass is 127. The molecule has 0 saturated carbocycles. The highest BCUT2D eigenvalue weighted by molar-refractivity contribution is 14.1. The van der Waals surface area contributed by atoms with E-state index in [1.54, 1.807) is 46.9 Å². The van der Waals surface area contributed by atoms with Crippen molar-refractivity contribution in [1.82, 2.24) is 0 Å². The summed E-state index contributed by atoms with van der Waals surface area (Å²) in [6.07, 6.45) is 0.570. The van der Waals surface area contributed by atoms with Gasteiger partial charge in [-0.15, -0.1) is 0 Å². The van der Waals surface area contributed by atoms with Crippen LogP contribution in [0.3, 0.4) is 0 Å². The third kappa shape index (κ3) is 3.55. The molecule has 0 radical (unpaired) electrons. The van der Waals surface area contributed by atoms with Crippen LogP contribution in [-0.2, 0) is 6.61 Å². The molecule has 2 rings (SSSR count). The lowest BCUT2D eigenvalue weighted by atomic mass is 10.1. The molecule has 0 amide bonds. The van der Waals surface area contributed by atoms with Crippen molar-refractivity contribution in [1.29, 1.82) is 0 Å². The number of hydrogen-bond donors (Lipinski definition) is 0. The lowest BCUT2D eigenvalue weighted by molar-refractivity contribution is 0.00233. The summed E-state index contributed by atoms with van der Waals surface area (Å²) in [6, 6.07) is 9.76. The molecule has 0 N–H and O–H groups in total.